The number of amides is 1. The van der Waals surface area contributed by atoms with Gasteiger partial charge in [0.15, 0.2) is 6.61 Å². The molecule has 0 unspecified atom stereocenters. The SMILES string of the molecule is O=C(Cc1ccc(F)cc1)OCC(=O)N1CCC[C@@H](c2nc3ccccc3s2)C1. The second-order valence-corrected chi connectivity index (χ2v) is 8.22. The number of hydrogen-bond acceptors (Lipinski definition) is 5. The number of fused-ring (bicyclic) bond motifs is 1. The first kappa shape index (κ1) is 19.5. The summed E-state index contributed by atoms with van der Waals surface area (Å²) in [5.74, 6) is -0.835. The summed E-state index contributed by atoms with van der Waals surface area (Å²) in [6, 6.07) is 13.7. The van der Waals surface area contributed by atoms with Crippen molar-refractivity contribution in [3.05, 3.63) is 64.9 Å². The lowest BCUT2D eigenvalue weighted by molar-refractivity contribution is -0.152. The van der Waals surface area contributed by atoms with Gasteiger partial charge in [-0.15, -0.1) is 11.3 Å². The van der Waals surface area contributed by atoms with Crippen molar-refractivity contribution in [3.63, 3.8) is 0 Å². The highest BCUT2D eigenvalue weighted by Crippen LogP contribution is 2.32. The van der Waals surface area contributed by atoms with Crippen LogP contribution in [-0.4, -0.2) is 41.5 Å². The van der Waals surface area contributed by atoms with Gasteiger partial charge < -0.3 is 9.64 Å². The zero-order chi connectivity index (χ0) is 20.2. The van der Waals surface area contributed by atoms with Gasteiger partial charge in [-0.3, -0.25) is 9.59 Å². The van der Waals surface area contributed by atoms with E-state index in [1.165, 1.54) is 24.3 Å². The maximum absolute atomic E-state index is 12.9. The molecule has 3 aromatic rings. The average molecular weight is 412 g/mol. The van der Waals surface area contributed by atoms with Gasteiger partial charge in [-0.1, -0.05) is 24.3 Å². The molecule has 5 nitrogen and oxygen atoms in total. The molecule has 2 heterocycles. The van der Waals surface area contributed by atoms with E-state index < -0.39 is 5.97 Å². The number of para-hydroxylation sites is 1. The summed E-state index contributed by atoms with van der Waals surface area (Å²) in [6.07, 6.45) is 1.91. The Bertz CT molecular complexity index is 985. The number of benzene rings is 2. The molecule has 1 aliphatic heterocycles. The molecule has 1 aromatic heterocycles. The van der Waals surface area contributed by atoms with Gasteiger partial charge in [-0.2, -0.15) is 0 Å². The average Bonchev–Trinajstić information content (AvgIpc) is 3.18. The summed E-state index contributed by atoms with van der Waals surface area (Å²) in [4.78, 5) is 31.0. The van der Waals surface area contributed by atoms with Crippen LogP contribution >= 0.6 is 11.3 Å². The Kier molecular flexibility index (Phi) is 5.85. The zero-order valence-electron chi connectivity index (χ0n) is 15.8. The van der Waals surface area contributed by atoms with Gasteiger partial charge in [0, 0.05) is 19.0 Å². The number of aromatic nitrogens is 1. The number of ether oxygens (including phenoxy) is 1. The van der Waals surface area contributed by atoms with Gasteiger partial charge in [-0.05, 0) is 42.7 Å². The molecule has 1 fully saturated rings. The zero-order valence-corrected chi connectivity index (χ0v) is 16.7. The number of hydrogen-bond donors (Lipinski definition) is 0. The second-order valence-electron chi connectivity index (χ2n) is 7.16. The highest BCUT2D eigenvalue weighted by molar-refractivity contribution is 7.18. The largest absolute Gasteiger partial charge is 0.455 e. The van der Waals surface area contributed by atoms with E-state index in [-0.39, 0.29) is 30.7 Å². The van der Waals surface area contributed by atoms with Gasteiger partial charge >= 0.3 is 5.97 Å². The van der Waals surface area contributed by atoms with E-state index in [9.17, 15) is 14.0 Å². The molecular formula is C22H21FN2O3S. The third-order valence-electron chi connectivity index (χ3n) is 5.05. The molecular weight excluding hydrogens is 391 g/mol. The van der Waals surface area contributed by atoms with E-state index in [1.54, 1.807) is 16.2 Å². The third-order valence-corrected chi connectivity index (χ3v) is 6.25. The van der Waals surface area contributed by atoms with Gasteiger partial charge in [0.25, 0.3) is 5.91 Å². The molecule has 1 saturated heterocycles. The summed E-state index contributed by atoms with van der Waals surface area (Å²) in [6.45, 7) is 0.983. The molecule has 0 aliphatic carbocycles. The summed E-state index contributed by atoms with van der Waals surface area (Å²) < 4.78 is 19.2. The molecule has 0 N–H and O–H groups in total. The molecule has 1 aliphatic rings. The van der Waals surface area contributed by atoms with Crippen molar-refractivity contribution < 1.29 is 18.7 Å². The fraction of sp³-hybridized carbons (Fsp3) is 0.318. The number of rotatable bonds is 5. The monoisotopic (exact) mass is 412 g/mol. The van der Waals surface area contributed by atoms with Crippen molar-refractivity contribution in [2.24, 2.45) is 0 Å². The molecule has 4 rings (SSSR count). The molecule has 1 amide bonds. The van der Waals surface area contributed by atoms with E-state index in [0.29, 0.717) is 18.7 Å². The minimum atomic E-state index is -0.496. The highest BCUT2D eigenvalue weighted by atomic mass is 32.1. The predicted octanol–water partition coefficient (Wildman–Crippen LogP) is 3.93. The molecule has 150 valence electrons. The molecule has 7 heteroatoms. The van der Waals surface area contributed by atoms with Crippen molar-refractivity contribution in [1.82, 2.24) is 9.88 Å². The van der Waals surface area contributed by atoms with Crippen LogP contribution in [0.3, 0.4) is 0 Å². The second kappa shape index (κ2) is 8.69. The highest BCUT2D eigenvalue weighted by Gasteiger charge is 2.27. The van der Waals surface area contributed by atoms with E-state index >= 15 is 0 Å². The van der Waals surface area contributed by atoms with E-state index in [4.69, 9.17) is 9.72 Å². The minimum absolute atomic E-state index is 0.0158. The Labute approximate surface area is 172 Å². The summed E-state index contributed by atoms with van der Waals surface area (Å²) in [5, 5.41) is 1.05. The lowest BCUT2D eigenvalue weighted by Crippen LogP contribution is -2.41. The standard InChI is InChI=1S/C22H21FN2O3S/c23-17-9-7-15(8-10-17)12-21(27)28-14-20(26)25-11-3-4-16(13-25)22-24-18-5-1-2-6-19(18)29-22/h1-2,5-10,16H,3-4,11-14H2/t16-/m1/s1. The van der Waals surface area contributed by atoms with Crippen molar-refractivity contribution in [2.45, 2.75) is 25.2 Å². The number of thiazole rings is 1. The molecule has 0 spiro atoms. The Hall–Kier alpha value is -2.80. The number of carbonyl (C=O) groups is 2. The number of halogens is 1. The Morgan fingerprint density at radius 1 is 1.17 bits per heavy atom. The van der Waals surface area contributed by atoms with E-state index in [2.05, 4.69) is 6.07 Å². The first-order valence-corrected chi connectivity index (χ1v) is 10.4. The van der Waals surface area contributed by atoms with Gasteiger partial charge in [0.2, 0.25) is 0 Å². The Morgan fingerprint density at radius 2 is 1.97 bits per heavy atom. The maximum atomic E-state index is 12.9. The van der Waals surface area contributed by atoms with Crippen LogP contribution in [0.15, 0.2) is 48.5 Å². The molecule has 1 atom stereocenters. The van der Waals surface area contributed by atoms with Crippen LogP contribution in [0.4, 0.5) is 4.39 Å². The molecule has 2 aromatic carbocycles. The first-order chi connectivity index (χ1) is 14.1. The van der Waals surface area contributed by atoms with Gasteiger partial charge in [0.1, 0.15) is 5.82 Å². The van der Waals surface area contributed by atoms with Crippen LogP contribution in [0.25, 0.3) is 10.2 Å². The number of likely N-dealkylation sites (tertiary alicyclic amines) is 1. The van der Waals surface area contributed by atoms with Gasteiger partial charge in [0.05, 0.1) is 21.6 Å². The fourth-order valence-electron chi connectivity index (χ4n) is 3.52. The number of piperidine rings is 1. The van der Waals surface area contributed by atoms with E-state index in [1.807, 2.05) is 18.2 Å². The first-order valence-electron chi connectivity index (χ1n) is 9.62. The van der Waals surface area contributed by atoms with Crippen LogP contribution < -0.4 is 0 Å². The Morgan fingerprint density at radius 3 is 2.76 bits per heavy atom. The number of carbonyl (C=O) groups excluding carboxylic acids is 2. The van der Waals surface area contributed by atoms with Crippen LogP contribution in [0.2, 0.25) is 0 Å². The molecule has 0 radical (unpaired) electrons. The van der Waals surface area contributed by atoms with Gasteiger partial charge in [-0.25, -0.2) is 9.37 Å². The van der Waals surface area contributed by atoms with Crippen LogP contribution in [0, 0.1) is 5.82 Å². The molecule has 0 bridgehead atoms. The minimum Gasteiger partial charge on any atom is -0.455 e. The topological polar surface area (TPSA) is 59.5 Å². The van der Waals surface area contributed by atoms with Crippen LogP contribution in [0.5, 0.6) is 0 Å². The molecule has 0 saturated carbocycles. The quantitative estimate of drug-likeness (QED) is 0.596. The lowest BCUT2D eigenvalue weighted by atomic mass is 9.99. The van der Waals surface area contributed by atoms with E-state index in [0.717, 1.165) is 28.1 Å². The van der Waals surface area contributed by atoms with Crippen molar-refractivity contribution in [1.29, 1.82) is 0 Å². The normalized spacial score (nSPS) is 16.7. The fourth-order valence-corrected chi connectivity index (χ4v) is 4.62. The van der Waals surface area contributed by atoms with Crippen molar-refractivity contribution in [3.8, 4) is 0 Å². The Balaban J connectivity index is 1.31. The summed E-state index contributed by atoms with van der Waals surface area (Å²) >= 11 is 1.68. The van der Waals surface area contributed by atoms with Crippen LogP contribution in [-0.2, 0) is 20.7 Å². The predicted molar refractivity (Wildman–Crippen MR) is 109 cm³/mol. The lowest BCUT2D eigenvalue weighted by Gasteiger charge is -2.31. The van der Waals surface area contributed by atoms with Crippen LogP contribution in [0.1, 0.15) is 29.3 Å². The molecule has 29 heavy (non-hydrogen) atoms. The maximum Gasteiger partial charge on any atom is 0.310 e. The number of nitrogens with zero attached hydrogens (tertiary/aromatic N) is 2. The summed E-state index contributed by atoms with van der Waals surface area (Å²) in [7, 11) is 0. The third kappa shape index (κ3) is 4.79. The smallest absolute Gasteiger partial charge is 0.310 e. The number of esters is 1. The summed E-state index contributed by atoms with van der Waals surface area (Å²) in [5.41, 5.74) is 1.64. The van der Waals surface area contributed by atoms with Crippen molar-refractivity contribution in [2.75, 3.05) is 19.7 Å². The van der Waals surface area contributed by atoms with Crippen molar-refractivity contribution >= 4 is 33.4 Å².